The van der Waals surface area contributed by atoms with Crippen molar-refractivity contribution in [3.8, 4) is 0 Å². The highest BCUT2D eigenvalue weighted by molar-refractivity contribution is 5.05. The molecule has 2 aliphatic rings. The summed E-state index contributed by atoms with van der Waals surface area (Å²) in [4.78, 5) is 2.67. The fourth-order valence-corrected chi connectivity index (χ4v) is 4.59. The molecule has 128 valence electrons. The molecule has 0 aromatic carbocycles. The molecule has 0 radical (unpaired) electrons. The first-order valence-electron chi connectivity index (χ1n) is 9.80. The molecule has 0 spiro atoms. The van der Waals surface area contributed by atoms with E-state index in [1.807, 2.05) is 0 Å². The minimum absolute atomic E-state index is 0.549. The monoisotopic (exact) mass is 305 g/mol. The third-order valence-electron chi connectivity index (χ3n) is 6.52. The third kappa shape index (κ3) is 5.11. The van der Waals surface area contributed by atoms with Crippen LogP contribution in [-0.4, -0.2) is 24.5 Å². The van der Waals surface area contributed by atoms with Crippen LogP contribution in [0.5, 0.6) is 0 Å². The summed E-state index contributed by atoms with van der Waals surface area (Å²) in [6.45, 7) is 15.9. The number of likely N-dealkylation sites (tertiary alicyclic amines) is 1. The molecule has 1 saturated carbocycles. The van der Waals surface area contributed by atoms with E-state index < -0.39 is 0 Å². The maximum atomic E-state index is 2.67. The van der Waals surface area contributed by atoms with Gasteiger partial charge < -0.3 is 0 Å². The first kappa shape index (κ1) is 18.0. The van der Waals surface area contributed by atoms with Gasteiger partial charge in [-0.3, -0.25) is 4.90 Å². The summed E-state index contributed by atoms with van der Waals surface area (Å²) in [5, 5.41) is 0. The average molecular weight is 306 g/mol. The molecule has 1 aliphatic heterocycles. The third-order valence-corrected chi connectivity index (χ3v) is 6.52. The predicted molar refractivity (Wildman–Crippen MR) is 98.1 cm³/mol. The van der Waals surface area contributed by atoms with Crippen LogP contribution in [0.1, 0.15) is 79.6 Å². The smallest absolute Gasteiger partial charge is 0.0190 e. The number of nitrogens with zero attached hydrogens (tertiary/aromatic N) is 1. The Labute approximate surface area is 139 Å². The highest BCUT2D eigenvalue weighted by Gasteiger charge is 2.31. The van der Waals surface area contributed by atoms with E-state index in [2.05, 4.69) is 45.6 Å². The highest BCUT2D eigenvalue weighted by Crippen LogP contribution is 2.42. The van der Waals surface area contributed by atoms with Crippen molar-refractivity contribution in [2.24, 2.45) is 23.2 Å². The molecule has 1 unspecified atom stereocenters. The molecule has 22 heavy (non-hydrogen) atoms. The van der Waals surface area contributed by atoms with E-state index in [1.165, 1.54) is 64.6 Å². The zero-order valence-corrected chi connectivity index (χ0v) is 15.8. The van der Waals surface area contributed by atoms with Gasteiger partial charge in [0.25, 0.3) is 0 Å². The van der Waals surface area contributed by atoms with Crippen LogP contribution in [0.3, 0.4) is 0 Å². The lowest BCUT2D eigenvalue weighted by Crippen LogP contribution is -2.35. The van der Waals surface area contributed by atoms with E-state index in [0.717, 1.165) is 17.8 Å². The number of allylic oxidation sites excluding steroid dienone is 1. The van der Waals surface area contributed by atoms with Crippen LogP contribution in [0, 0.1) is 23.2 Å². The number of hydrogen-bond acceptors (Lipinski definition) is 1. The Morgan fingerprint density at radius 2 is 1.82 bits per heavy atom. The molecular weight excluding hydrogens is 266 g/mol. The van der Waals surface area contributed by atoms with Crippen LogP contribution in [-0.2, 0) is 0 Å². The van der Waals surface area contributed by atoms with Gasteiger partial charge in [-0.25, -0.2) is 0 Å². The van der Waals surface area contributed by atoms with E-state index >= 15 is 0 Å². The van der Waals surface area contributed by atoms with Crippen LogP contribution in [0.2, 0.25) is 0 Å². The maximum Gasteiger partial charge on any atom is 0.0190 e. The van der Waals surface area contributed by atoms with Crippen LogP contribution in [0.4, 0.5) is 0 Å². The first-order valence-corrected chi connectivity index (χ1v) is 9.80. The lowest BCUT2D eigenvalue weighted by Gasteiger charge is -2.38. The van der Waals surface area contributed by atoms with Gasteiger partial charge in [-0.05, 0) is 75.2 Å². The Balaban J connectivity index is 1.79. The maximum absolute atomic E-state index is 2.67. The Hall–Kier alpha value is -0.300. The molecule has 1 heterocycles. The molecule has 2 fully saturated rings. The van der Waals surface area contributed by atoms with Gasteiger partial charge in [-0.1, -0.05) is 45.8 Å². The van der Waals surface area contributed by atoms with Crippen molar-refractivity contribution >= 4 is 0 Å². The Kier molecular flexibility index (Phi) is 6.56. The second kappa shape index (κ2) is 7.99. The van der Waals surface area contributed by atoms with Crippen molar-refractivity contribution in [3.05, 3.63) is 11.6 Å². The fraction of sp³-hybridized carbons (Fsp3) is 0.905. The van der Waals surface area contributed by atoms with Crippen molar-refractivity contribution in [3.63, 3.8) is 0 Å². The molecule has 1 saturated heterocycles. The molecule has 0 N–H and O–H groups in total. The Bertz CT molecular complexity index is 360. The van der Waals surface area contributed by atoms with E-state index in [4.69, 9.17) is 0 Å². The van der Waals surface area contributed by atoms with Crippen LogP contribution < -0.4 is 0 Å². The van der Waals surface area contributed by atoms with Gasteiger partial charge >= 0.3 is 0 Å². The van der Waals surface area contributed by atoms with Gasteiger partial charge in [0.1, 0.15) is 0 Å². The summed E-state index contributed by atoms with van der Waals surface area (Å²) in [5.74, 6) is 2.70. The van der Waals surface area contributed by atoms with E-state index in [9.17, 15) is 0 Å². The molecule has 1 atom stereocenters. The number of piperidine rings is 1. The topological polar surface area (TPSA) is 3.24 Å². The van der Waals surface area contributed by atoms with Crippen molar-refractivity contribution < 1.29 is 0 Å². The Morgan fingerprint density at radius 1 is 1.14 bits per heavy atom. The lowest BCUT2D eigenvalue weighted by molar-refractivity contribution is 0.138. The molecule has 1 nitrogen and oxygen atoms in total. The van der Waals surface area contributed by atoms with Gasteiger partial charge in [-0.15, -0.1) is 0 Å². The summed E-state index contributed by atoms with van der Waals surface area (Å²) in [6.07, 6.45) is 12.5. The average Bonchev–Trinajstić information content (AvgIpc) is 2.47. The van der Waals surface area contributed by atoms with Crippen LogP contribution >= 0.6 is 0 Å². The van der Waals surface area contributed by atoms with E-state index in [-0.39, 0.29) is 0 Å². The van der Waals surface area contributed by atoms with Crippen LogP contribution in [0.15, 0.2) is 11.6 Å². The summed E-state index contributed by atoms with van der Waals surface area (Å²) < 4.78 is 0. The van der Waals surface area contributed by atoms with Crippen molar-refractivity contribution in [2.75, 3.05) is 19.6 Å². The normalized spacial score (nSPS) is 32.2. The molecule has 0 aromatic heterocycles. The summed E-state index contributed by atoms with van der Waals surface area (Å²) >= 11 is 0. The van der Waals surface area contributed by atoms with Gasteiger partial charge in [0.2, 0.25) is 0 Å². The second-order valence-electron chi connectivity index (χ2n) is 8.95. The first-order chi connectivity index (χ1) is 10.4. The quantitative estimate of drug-likeness (QED) is 0.571. The van der Waals surface area contributed by atoms with E-state index in [0.29, 0.717) is 5.41 Å². The van der Waals surface area contributed by atoms with Gasteiger partial charge in [0, 0.05) is 13.1 Å². The SMILES string of the molecule is CCC(C)(C)C1CCC(C=C(C)CN2CCCC(C)C2)CC1. The van der Waals surface area contributed by atoms with E-state index in [1.54, 1.807) is 5.57 Å². The summed E-state index contributed by atoms with van der Waals surface area (Å²) in [5.41, 5.74) is 2.17. The molecule has 2 rings (SSSR count). The number of hydrogen-bond donors (Lipinski definition) is 0. The highest BCUT2D eigenvalue weighted by atomic mass is 15.1. The van der Waals surface area contributed by atoms with Crippen LogP contribution in [0.25, 0.3) is 0 Å². The van der Waals surface area contributed by atoms with Crippen molar-refractivity contribution in [1.82, 2.24) is 4.90 Å². The summed E-state index contributed by atoms with van der Waals surface area (Å²) in [6, 6.07) is 0. The molecule has 0 aromatic rings. The molecular formula is C21H39N. The second-order valence-corrected chi connectivity index (χ2v) is 8.95. The standard InChI is InChI=1S/C21H39N/c1-6-21(4,5)20-11-9-19(10-12-20)14-18(3)16-22-13-7-8-17(2)15-22/h14,17,19-20H,6-13,15-16H2,1-5H3. The molecule has 0 amide bonds. The molecule has 1 heteroatoms. The minimum Gasteiger partial charge on any atom is -0.299 e. The lowest BCUT2D eigenvalue weighted by atomic mass is 9.67. The van der Waals surface area contributed by atoms with Gasteiger partial charge in [-0.2, -0.15) is 0 Å². The summed E-state index contributed by atoms with van der Waals surface area (Å²) in [7, 11) is 0. The number of rotatable bonds is 5. The largest absolute Gasteiger partial charge is 0.299 e. The zero-order chi connectivity index (χ0) is 16.2. The minimum atomic E-state index is 0.549. The van der Waals surface area contributed by atoms with Gasteiger partial charge in [0.05, 0.1) is 0 Å². The molecule has 0 bridgehead atoms. The fourth-order valence-electron chi connectivity index (χ4n) is 4.59. The predicted octanol–water partition coefficient (Wildman–Crippen LogP) is 5.91. The van der Waals surface area contributed by atoms with Crippen molar-refractivity contribution in [2.45, 2.75) is 79.6 Å². The molecule has 1 aliphatic carbocycles. The van der Waals surface area contributed by atoms with Gasteiger partial charge in [0.15, 0.2) is 0 Å². The zero-order valence-electron chi connectivity index (χ0n) is 15.8. The Morgan fingerprint density at radius 3 is 2.41 bits per heavy atom. The van der Waals surface area contributed by atoms with Crippen molar-refractivity contribution in [1.29, 1.82) is 0 Å².